The monoisotopic (exact) mass is 261 g/mol. The van der Waals surface area contributed by atoms with Crippen LogP contribution in [-0.2, 0) is 5.54 Å². The normalized spacial score (nSPS) is 15.2. The molecule has 0 heterocycles. The van der Waals surface area contributed by atoms with Gasteiger partial charge < -0.3 is 10.8 Å². The molecule has 0 amide bonds. The molecule has 0 saturated heterocycles. The lowest BCUT2D eigenvalue weighted by Gasteiger charge is -2.25. The van der Waals surface area contributed by atoms with Crippen LogP contribution in [0.4, 0.5) is 4.39 Å². The Kier molecular flexibility index (Phi) is 3.64. The second-order valence-corrected chi connectivity index (χ2v) is 4.35. The highest BCUT2D eigenvalue weighted by atomic mass is 79.9. The number of hydrogen-bond acceptors (Lipinski definition) is 2. The summed E-state index contributed by atoms with van der Waals surface area (Å²) >= 11 is 3.10. The standard InChI is InChI=1S/C10H13BrFNO/c1-10(13,5-6-14)7-3-2-4-8(11)9(7)12/h2-4,14H,5-6,13H2,1H3. The van der Waals surface area contributed by atoms with E-state index in [-0.39, 0.29) is 12.4 Å². The molecule has 1 rings (SSSR count). The highest BCUT2D eigenvalue weighted by Gasteiger charge is 2.24. The molecule has 0 radical (unpaired) electrons. The van der Waals surface area contributed by atoms with E-state index in [1.807, 2.05) is 0 Å². The van der Waals surface area contributed by atoms with Crippen molar-refractivity contribution < 1.29 is 9.50 Å². The van der Waals surface area contributed by atoms with E-state index in [1.54, 1.807) is 25.1 Å². The van der Waals surface area contributed by atoms with E-state index in [0.29, 0.717) is 16.5 Å². The summed E-state index contributed by atoms with van der Waals surface area (Å²) in [5, 5.41) is 8.81. The highest BCUT2D eigenvalue weighted by molar-refractivity contribution is 9.10. The van der Waals surface area contributed by atoms with Crippen molar-refractivity contribution in [1.29, 1.82) is 0 Å². The fraction of sp³-hybridized carbons (Fsp3) is 0.400. The summed E-state index contributed by atoms with van der Waals surface area (Å²) < 4.78 is 14.0. The van der Waals surface area contributed by atoms with Gasteiger partial charge in [0.15, 0.2) is 0 Å². The Morgan fingerprint density at radius 1 is 1.57 bits per heavy atom. The molecule has 2 nitrogen and oxygen atoms in total. The molecule has 1 atom stereocenters. The van der Waals surface area contributed by atoms with Crippen LogP contribution in [0.1, 0.15) is 18.9 Å². The van der Waals surface area contributed by atoms with Crippen LogP contribution in [0.3, 0.4) is 0 Å². The fourth-order valence-corrected chi connectivity index (χ4v) is 1.68. The Morgan fingerprint density at radius 2 is 2.21 bits per heavy atom. The molecule has 1 aromatic carbocycles. The lowest BCUT2D eigenvalue weighted by Crippen LogP contribution is -2.35. The maximum Gasteiger partial charge on any atom is 0.142 e. The van der Waals surface area contributed by atoms with Gasteiger partial charge in [0.2, 0.25) is 0 Å². The van der Waals surface area contributed by atoms with Gasteiger partial charge in [-0.1, -0.05) is 12.1 Å². The molecule has 1 unspecified atom stereocenters. The summed E-state index contributed by atoms with van der Waals surface area (Å²) in [5.74, 6) is -0.356. The Labute approximate surface area is 91.1 Å². The molecule has 3 N–H and O–H groups in total. The molecule has 0 aliphatic heterocycles. The third-order valence-corrected chi connectivity index (χ3v) is 2.81. The Morgan fingerprint density at radius 3 is 2.79 bits per heavy atom. The Balaban J connectivity index is 3.12. The first-order valence-corrected chi connectivity index (χ1v) is 5.12. The van der Waals surface area contributed by atoms with Gasteiger partial charge in [-0.15, -0.1) is 0 Å². The molecule has 0 spiro atoms. The smallest absolute Gasteiger partial charge is 0.142 e. The van der Waals surface area contributed by atoms with E-state index in [1.165, 1.54) is 0 Å². The van der Waals surface area contributed by atoms with Gasteiger partial charge in [-0.05, 0) is 35.3 Å². The fourth-order valence-electron chi connectivity index (χ4n) is 1.31. The first-order chi connectivity index (χ1) is 6.49. The zero-order valence-electron chi connectivity index (χ0n) is 7.93. The van der Waals surface area contributed by atoms with Crippen molar-refractivity contribution in [3.63, 3.8) is 0 Å². The van der Waals surface area contributed by atoms with Crippen molar-refractivity contribution in [2.75, 3.05) is 6.61 Å². The van der Waals surface area contributed by atoms with Crippen molar-refractivity contribution in [3.05, 3.63) is 34.1 Å². The highest BCUT2D eigenvalue weighted by Crippen LogP contribution is 2.28. The summed E-state index contributed by atoms with van der Waals surface area (Å²) in [5.41, 5.74) is 5.48. The number of aliphatic hydroxyl groups excluding tert-OH is 1. The van der Waals surface area contributed by atoms with Gasteiger partial charge in [-0.2, -0.15) is 0 Å². The molecule has 14 heavy (non-hydrogen) atoms. The second-order valence-electron chi connectivity index (χ2n) is 3.49. The third-order valence-electron chi connectivity index (χ3n) is 2.20. The lowest BCUT2D eigenvalue weighted by atomic mass is 9.90. The van der Waals surface area contributed by atoms with Gasteiger partial charge in [-0.3, -0.25) is 0 Å². The molecule has 0 saturated carbocycles. The van der Waals surface area contributed by atoms with Gasteiger partial charge in [-0.25, -0.2) is 4.39 Å². The minimum absolute atomic E-state index is 0.0566. The van der Waals surface area contributed by atoms with Gasteiger partial charge in [0, 0.05) is 17.7 Å². The number of hydrogen-bond donors (Lipinski definition) is 2. The first kappa shape index (κ1) is 11.6. The summed E-state index contributed by atoms with van der Waals surface area (Å²) in [4.78, 5) is 0. The van der Waals surface area contributed by atoms with Crippen LogP contribution in [0.2, 0.25) is 0 Å². The van der Waals surface area contributed by atoms with Crippen LogP contribution in [0.15, 0.2) is 22.7 Å². The van der Waals surface area contributed by atoms with Crippen molar-refractivity contribution in [1.82, 2.24) is 0 Å². The van der Waals surface area contributed by atoms with Crippen molar-refractivity contribution in [2.24, 2.45) is 5.73 Å². The summed E-state index contributed by atoms with van der Waals surface area (Å²) in [6, 6.07) is 4.98. The molecular formula is C10H13BrFNO. The third kappa shape index (κ3) is 2.32. The predicted octanol–water partition coefficient (Wildman–Crippen LogP) is 2.14. The molecule has 1 aromatic rings. The Hall–Kier alpha value is -0.450. The maximum absolute atomic E-state index is 13.6. The summed E-state index contributed by atoms with van der Waals surface area (Å²) in [6.07, 6.45) is 0.334. The minimum Gasteiger partial charge on any atom is -0.396 e. The van der Waals surface area contributed by atoms with Gasteiger partial charge >= 0.3 is 0 Å². The second kappa shape index (κ2) is 4.38. The van der Waals surface area contributed by atoms with Crippen molar-refractivity contribution in [2.45, 2.75) is 18.9 Å². The molecular weight excluding hydrogens is 249 g/mol. The first-order valence-electron chi connectivity index (χ1n) is 4.33. The zero-order valence-corrected chi connectivity index (χ0v) is 9.51. The minimum atomic E-state index is -0.831. The molecule has 0 aliphatic rings. The van der Waals surface area contributed by atoms with E-state index in [9.17, 15) is 4.39 Å². The van der Waals surface area contributed by atoms with E-state index in [2.05, 4.69) is 15.9 Å². The van der Waals surface area contributed by atoms with Crippen LogP contribution in [0.25, 0.3) is 0 Å². The van der Waals surface area contributed by atoms with E-state index in [4.69, 9.17) is 10.8 Å². The van der Waals surface area contributed by atoms with Crippen LogP contribution in [0.5, 0.6) is 0 Å². The lowest BCUT2D eigenvalue weighted by molar-refractivity contribution is 0.244. The maximum atomic E-state index is 13.6. The number of halogens is 2. The molecule has 78 valence electrons. The van der Waals surface area contributed by atoms with Gasteiger partial charge in [0.1, 0.15) is 5.82 Å². The number of rotatable bonds is 3. The molecule has 0 aromatic heterocycles. The average Bonchev–Trinajstić information content (AvgIpc) is 2.09. The quantitative estimate of drug-likeness (QED) is 0.876. The van der Waals surface area contributed by atoms with Crippen LogP contribution < -0.4 is 5.73 Å². The number of aliphatic hydroxyl groups is 1. The molecule has 4 heteroatoms. The van der Waals surface area contributed by atoms with Crippen molar-refractivity contribution in [3.8, 4) is 0 Å². The SMILES string of the molecule is CC(N)(CCO)c1cccc(Br)c1F. The summed E-state index contributed by atoms with van der Waals surface area (Å²) in [6.45, 7) is 1.65. The van der Waals surface area contributed by atoms with E-state index >= 15 is 0 Å². The average molecular weight is 262 g/mol. The van der Waals surface area contributed by atoms with E-state index < -0.39 is 5.54 Å². The van der Waals surface area contributed by atoms with Crippen LogP contribution in [0, 0.1) is 5.82 Å². The zero-order chi connectivity index (χ0) is 10.8. The predicted molar refractivity (Wildman–Crippen MR) is 57.3 cm³/mol. The van der Waals surface area contributed by atoms with Gasteiger partial charge in [0.25, 0.3) is 0 Å². The molecule has 0 bridgehead atoms. The van der Waals surface area contributed by atoms with E-state index in [0.717, 1.165) is 0 Å². The molecule has 0 fully saturated rings. The summed E-state index contributed by atoms with van der Waals surface area (Å²) in [7, 11) is 0. The molecule has 0 aliphatic carbocycles. The van der Waals surface area contributed by atoms with Gasteiger partial charge in [0.05, 0.1) is 4.47 Å². The number of nitrogens with two attached hydrogens (primary N) is 1. The Bertz CT molecular complexity index is 328. The van der Waals surface area contributed by atoms with Crippen molar-refractivity contribution >= 4 is 15.9 Å². The van der Waals surface area contributed by atoms with Crippen LogP contribution in [-0.4, -0.2) is 11.7 Å². The topological polar surface area (TPSA) is 46.2 Å². The van der Waals surface area contributed by atoms with Crippen LogP contribution >= 0.6 is 15.9 Å². The largest absolute Gasteiger partial charge is 0.396 e. The number of benzene rings is 1.